The Morgan fingerprint density at radius 3 is 2.62 bits per heavy atom. The first-order chi connectivity index (χ1) is 11.5. The Bertz CT molecular complexity index is 975. The second-order valence-electron chi connectivity index (χ2n) is 6.67. The molecule has 0 N–H and O–H groups in total. The van der Waals surface area contributed by atoms with Gasteiger partial charge in [-0.2, -0.15) is 0 Å². The second-order valence-corrected chi connectivity index (χ2v) is 6.67. The van der Waals surface area contributed by atoms with Crippen LogP contribution in [0.2, 0.25) is 0 Å². The molecule has 1 aliphatic heterocycles. The standard InChI is InChI=1S/C21H20N2O/c1-13-4-6-16-12-17-8-9-23(20(17)22-19(16)10-13)21(24)18-7-5-14(2)15(3)11-18/h4-7,10-12H,8-9H2,1-3H3. The van der Waals surface area contributed by atoms with Gasteiger partial charge in [0.15, 0.2) is 0 Å². The number of nitrogens with zero attached hydrogens (tertiary/aromatic N) is 2. The fourth-order valence-corrected chi connectivity index (χ4v) is 3.29. The summed E-state index contributed by atoms with van der Waals surface area (Å²) in [4.78, 5) is 19.6. The van der Waals surface area contributed by atoms with E-state index in [1.54, 1.807) is 0 Å². The Balaban J connectivity index is 1.77. The summed E-state index contributed by atoms with van der Waals surface area (Å²) in [5.41, 5.74) is 6.37. The molecule has 0 saturated heterocycles. The molecule has 0 aliphatic carbocycles. The first-order valence-corrected chi connectivity index (χ1v) is 8.32. The van der Waals surface area contributed by atoms with Crippen molar-refractivity contribution >= 4 is 22.6 Å². The number of pyridine rings is 1. The zero-order valence-corrected chi connectivity index (χ0v) is 14.3. The molecule has 120 valence electrons. The predicted molar refractivity (Wildman–Crippen MR) is 97.8 cm³/mol. The third-order valence-corrected chi connectivity index (χ3v) is 4.89. The number of hydrogen-bond acceptors (Lipinski definition) is 2. The van der Waals surface area contributed by atoms with Gasteiger partial charge in [-0.15, -0.1) is 0 Å². The number of hydrogen-bond donors (Lipinski definition) is 0. The van der Waals surface area contributed by atoms with Crippen LogP contribution in [0.25, 0.3) is 10.9 Å². The minimum Gasteiger partial charge on any atom is -0.292 e. The van der Waals surface area contributed by atoms with Crippen molar-refractivity contribution in [2.24, 2.45) is 0 Å². The maximum Gasteiger partial charge on any atom is 0.259 e. The van der Waals surface area contributed by atoms with Crippen molar-refractivity contribution < 1.29 is 4.79 Å². The molecule has 0 atom stereocenters. The molecule has 0 saturated carbocycles. The average Bonchev–Trinajstić information content (AvgIpc) is 2.97. The fourth-order valence-electron chi connectivity index (χ4n) is 3.29. The Labute approximate surface area is 141 Å². The maximum atomic E-state index is 13.0. The molecule has 0 spiro atoms. The maximum absolute atomic E-state index is 13.0. The molecule has 1 amide bonds. The lowest BCUT2D eigenvalue weighted by Gasteiger charge is -2.17. The Morgan fingerprint density at radius 2 is 1.83 bits per heavy atom. The van der Waals surface area contributed by atoms with Crippen LogP contribution in [0.5, 0.6) is 0 Å². The molecule has 0 radical (unpaired) electrons. The quantitative estimate of drug-likeness (QED) is 0.668. The van der Waals surface area contributed by atoms with E-state index in [1.807, 2.05) is 30.0 Å². The van der Waals surface area contributed by atoms with Crippen molar-refractivity contribution in [3.63, 3.8) is 0 Å². The van der Waals surface area contributed by atoms with Gasteiger partial charge in [-0.3, -0.25) is 9.69 Å². The highest BCUT2D eigenvalue weighted by molar-refractivity contribution is 6.07. The highest BCUT2D eigenvalue weighted by Crippen LogP contribution is 2.31. The van der Waals surface area contributed by atoms with Crippen molar-refractivity contribution in [2.75, 3.05) is 11.4 Å². The van der Waals surface area contributed by atoms with Crippen LogP contribution >= 0.6 is 0 Å². The number of carbonyl (C=O) groups is 1. The molecule has 4 rings (SSSR count). The summed E-state index contributed by atoms with van der Waals surface area (Å²) in [6, 6.07) is 14.3. The number of aromatic nitrogens is 1. The van der Waals surface area contributed by atoms with Crippen LogP contribution in [0.3, 0.4) is 0 Å². The minimum absolute atomic E-state index is 0.0383. The van der Waals surface area contributed by atoms with Gasteiger partial charge in [0.05, 0.1) is 5.52 Å². The van der Waals surface area contributed by atoms with E-state index < -0.39 is 0 Å². The number of fused-ring (bicyclic) bond motifs is 2. The summed E-state index contributed by atoms with van der Waals surface area (Å²) in [5.74, 6) is 0.854. The predicted octanol–water partition coefficient (Wildman–Crippen LogP) is 4.36. The Morgan fingerprint density at radius 1 is 1.00 bits per heavy atom. The van der Waals surface area contributed by atoms with Crippen molar-refractivity contribution in [3.8, 4) is 0 Å². The highest BCUT2D eigenvalue weighted by Gasteiger charge is 2.27. The molecule has 1 aromatic heterocycles. The third-order valence-electron chi connectivity index (χ3n) is 4.89. The van der Waals surface area contributed by atoms with Crippen LogP contribution in [0, 0.1) is 20.8 Å². The van der Waals surface area contributed by atoms with E-state index in [-0.39, 0.29) is 5.91 Å². The molecule has 3 heteroatoms. The second kappa shape index (κ2) is 5.45. The SMILES string of the molecule is Cc1ccc2cc3c(nc2c1)N(C(=O)c1ccc(C)c(C)c1)CC3. The van der Waals surface area contributed by atoms with Crippen LogP contribution in [0.1, 0.15) is 32.6 Å². The summed E-state index contributed by atoms with van der Waals surface area (Å²) in [6.07, 6.45) is 0.864. The van der Waals surface area contributed by atoms with Gasteiger partial charge < -0.3 is 0 Å². The number of carbonyl (C=O) groups excluding carboxylic acids is 1. The minimum atomic E-state index is 0.0383. The normalized spacial score (nSPS) is 13.4. The van der Waals surface area contributed by atoms with Gasteiger partial charge in [-0.05, 0) is 73.7 Å². The molecule has 3 nitrogen and oxygen atoms in total. The zero-order chi connectivity index (χ0) is 16.8. The van der Waals surface area contributed by atoms with E-state index in [2.05, 4.69) is 38.1 Å². The number of rotatable bonds is 1. The number of anilines is 1. The lowest BCUT2D eigenvalue weighted by molar-refractivity contribution is 0.0988. The summed E-state index contributed by atoms with van der Waals surface area (Å²) < 4.78 is 0. The monoisotopic (exact) mass is 316 g/mol. The van der Waals surface area contributed by atoms with E-state index >= 15 is 0 Å². The molecule has 24 heavy (non-hydrogen) atoms. The molecule has 3 aromatic rings. The summed E-state index contributed by atoms with van der Waals surface area (Å²) in [7, 11) is 0. The van der Waals surface area contributed by atoms with Crippen molar-refractivity contribution in [3.05, 3.63) is 70.3 Å². The van der Waals surface area contributed by atoms with Gasteiger partial charge in [-0.25, -0.2) is 4.98 Å². The van der Waals surface area contributed by atoms with Crippen molar-refractivity contribution in [1.29, 1.82) is 0 Å². The number of benzene rings is 2. The molecule has 1 aliphatic rings. The summed E-state index contributed by atoms with van der Waals surface area (Å²) in [6.45, 7) is 6.86. The van der Waals surface area contributed by atoms with Crippen LogP contribution in [-0.2, 0) is 6.42 Å². The van der Waals surface area contributed by atoms with E-state index in [9.17, 15) is 4.79 Å². The third kappa shape index (κ3) is 2.37. The van der Waals surface area contributed by atoms with E-state index in [1.165, 1.54) is 11.1 Å². The van der Waals surface area contributed by atoms with Crippen LogP contribution in [-0.4, -0.2) is 17.4 Å². The largest absolute Gasteiger partial charge is 0.292 e. The molecular formula is C21H20N2O. The molecular weight excluding hydrogens is 296 g/mol. The van der Waals surface area contributed by atoms with E-state index in [0.29, 0.717) is 6.54 Å². The lowest BCUT2D eigenvalue weighted by atomic mass is 10.1. The lowest BCUT2D eigenvalue weighted by Crippen LogP contribution is -2.29. The smallest absolute Gasteiger partial charge is 0.259 e. The molecule has 0 bridgehead atoms. The summed E-state index contributed by atoms with van der Waals surface area (Å²) in [5, 5.41) is 1.14. The molecule has 0 fully saturated rings. The molecule has 2 heterocycles. The van der Waals surface area contributed by atoms with Gasteiger partial charge in [0.25, 0.3) is 5.91 Å². The summed E-state index contributed by atoms with van der Waals surface area (Å²) >= 11 is 0. The topological polar surface area (TPSA) is 33.2 Å². The zero-order valence-electron chi connectivity index (χ0n) is 14.3. The van der Waals surface area contributed by atoms with Gasteiger partial charge in [0, 0.05) is 17.5 Å². The molecule has 0 unspecified atom stereocenters. The van der Waals surface area contributed by atoms with Crippen LogP contribution in [0.15, 0.2) is 42.5 Å². The van der Waals surface area contributed by atoms with Crippen molar-refractivity contribution in [2.45, 2.75) is 27.2 Å². The van der Waals surface area contributed by atoms with Gasteiger partial charge in [0.2, 0.25) is 0 Å². The first kappa shape index (κ1) is 14.9. The van der Waals surface area contributed by atoms with Crippen LogP contribution in [0.4, 0.5) is 5.82 Å². The van der Waals surface area contributed by atoms with E-state index in [0.717, 1.165) is 39.8 Å². The molecule has 2 aromatic carbocycles. The van der Waals surface area contributed by atoms with Gasteiger partial charge >= 0.3 is 0 Å². The van der Waals surface area contributed by atoms with Gasteiger partial charge in [0.1, 0.15) is 5.82 Å². The first-order valence-electron chi connectivity index (χ1n) is 8.32. The van der Waals surface area contributed by atoms with Gasteiger partial charge in [-0.1, -0.05) is 18.2 Å². The Kier molecular flexibility index (Phi) is 3.38. The van der Waals surface area contributed by atoms with Crippen molar-refractivity contribution in [1.82, 2.24) is 4.98 Å². The van der Waals surface area contributed by atoms with E-state index in [4.69, 9.17) is 4.98 Å². The number of amides is 1. The van der Waals surface area contributed by atoms with Crippen LogP contribution < -0.4 is 4.90 Å². The highest BCUT2D eigenvalue weighted by atomic mass is 16.2. The Hall–Kier alpha value is -2.68. The number of aryl methyl sites for hydroxylation is 3. The average molecular weight is 316 g/mol. The fraction of sp³-hybridized carbons (Fsp3) is 0.238.